The maximum Gasteiger partial charge on any atom is 0.337 e. The molecule has 3 heteroatoms. The SMILES string of the molecule is CC(C)Cn1ccc(C(=O)O)c1C1CC1. The normalized spacial score (nSPS) is 15.9. The zero-order valence-electron chi connectivity index (χ0n) is 9.23. The van der Waals surface area contributed by atoms with E-state index in [2.05, 4.69) is 18.4 Å². The first-order valence-corrected chi connectivity index (χ1v) is 5.52. The Hall–Kier alpha value is -1.25. The van der Waals surface area contributed by atoms with Crippen molar-refractivity contribution >= 4 is 5.97 Å². The molecular weight excluding hydrogens is 190 g/mol. The highest BCUT2D eigenvalue weighted by Gasteiger charge is 2.31. The van der Waals surface area contributed by atoms with Crippen LogP contribution < -0.4 is 0 Å². The van der Waals surface area contributed by atoms with Gasteiger partial charge in [0.2, 0.25) is 0 Å². The molecule has 1 heterocycles. The fourth-order valence-corrected chi connectivity index (χ4v) is 2.03. The van der Waals surface area contributed by atoms with E-state index in [1.807, 2.05) is 6.20 Å². The van der Waals surface area contributed by atoms with E-state index in [0.29, 0.717) is 17.4 Å². The topological polar surface area (TPSA) is 42.2 Å². The van der Waals surface area contributed by atoms with Crippen LogP contribution in [0.2, 0.25) is 0 Å². The fraction of sp³-hybridized carbons (Fsp3) is 0.583. The van der Waals surface area contributed by atoms with Crippen LogP contribution in [0.3, 0.4) is 0 Å². The molecule has 0 bridgehead atoms. The first kappa shape index (κ1) is 10.3. The fourth-order valence-electron chi connectivity index (χ4n) is 2.03. The van der Waals surface area contributed by atoms with E-state index in [-0.39, 0.29) is 0 Å². The Bertz CT molecular complexity index is 375. The molecule has 1 N–H and O–H groups in total. The van der Waals surface area contributed by atoms with Crippen molar-refractivity contribution in [1.82, 2.24) is 4.57 Å². The number of aromatic nitrogens is 1. The predicted octanol–water partition coefficient (Wildman–Crippen LogP) is 2.72. The lowest BCUT2D eigenvalue weighted by atomic mass is 10.1. The average molecular weight is 207 g/mol. The molecule has 2 rings (SSSR count). The largest absolute Gasteiger partial charge is 0.478 e. The van der Waals surface area contributed by atoms with Crippen molar-refractivity contribution < 1.29 is 9.90 Å². The summed E-state index contributed by atoms with van der Waals surface area (Å²) in [5, 5.41) is 9.08. The highest BCUT2D eigenvalue weighted by atomic mass is 16.4. The van der Waals surface area contributed by atoms with Crippen molar-refractivity contribution in [3.63, 3.8) is 0 Å². The number of hydrogen-bond donors (Lipinski definition) is 1. The standard InChI is InChI=1S/C12H17NO2/c1-8(2)7-13-6-5-10(12(14)15)11(13)9-3-4-9/h5-6,8-9H,3-4,7H2,1-2H3,(H,14,15). The molecule has 0 aliphatic heterocycles. The van der Waals surface area contributed by atoms with Crippen LogP contribution in [-0.4, -0.2) is 15.6 Å². The van der Waals surface area contributed by atoms with Crippen LogP contribution >= 0.6 is 0 Å². The molecule has 0 spiro atoms. The Morgan fingerprint density at radius 3 is 2.73 bits per heavy atom. The molecule has 0 radical (unpaired) electrons. The Labute approximate surface area is 89.7 Å². The van der Waals surface area contributed by atoms with Gasteiger partial charge < -0.3 is 9.67 Å². The Kier molecular flexibility index (Phi) is 2.55. The highest BCUT2D eigenvalue weighted by molar-refractivity contribution is 5.89. The second-order valence-corrected chi connectivity index (χ2v) is 4.74. The Morgan fingerprint density at radius 2 is 2.27 bits per heavy atom. The van der Waals surface area contributed by atoms with Gasteiger partial charge in [0, 0.05) is 24.4 Å². The van der Waals surface area contributed by atoms with Crippen molar-refractivity contribution in [2.24, 2.45) is 5.92 Å². The summed E-state index contributed by atoms with van der Waals surface area (Å²) in [6, 6.07) is 1.73. The molecule has 3 nitrogen and oxygen atoms in total. The zero-order valence-corrected chi connectivity index (χ0v) is 9.23. The minimum absolute atomic E-state index is 0.491. The lowest BCUT2D eigenvalue weighted by Gasteiger charge is -2.11. The molecular formula is C12H17NO2. The van der Waals surface area contributed by atoms with E-state index < -0.39 is 5.97 Å². The maximum atomic E-state index is 11.0. The van der Waals surface area contributed by atoms with Gasteiger partial charge in [-0.1, -0.05) is 13.8 Å². The monoisotopic (exact) mass is 207 g/mol. The molecule has 15 heavy (non-hydrogen) atoms. The molecule has 0 saturated heterocycles. The smallest absolute Gasteiger partial charge is 0.337 e. The predicted molar refractivity (Wildman–Crippen MR) is 58.2 cm³/mol. The minimum atomic E-state index is -0.792. The summed E-state index contributed by atoms with van der Waals surface area (Å²) in [4.78, 5) is 11.0. The van der Waals surface area contributed by atoms with Crippen LogP contribution in [0.15, 0.2) is 12.3 Å². The quantitative estimate of drug-likeness (QED) is 0.824. The van der Waals surface area contributed by atoms with E-state index in [1.165, 1.54) is 0 Å². The molecule has 82 valence electrons. The summed E-state index contributed by atoms with van der Waals surface area (Å²) in [5.74, 6) is 0.251. The van der Waals surface area contributed by atoms with Gasteiger partial charge in [-0.2, -0.15) is 0 Å². The molecule has 0 aromatic carbocycles. The van der Waals surface area contributed by atoms with Crippen molar-refractivity contribution in [3.8, 4) is 0 Å². The number of hydrogen-bond acceptors (Lipinski definition) is 1. The number of aromatic carboxylic acids is 1. The second kappa shape index (κ2) is 3.72. The minimum Gasteiger partial charge on any atom is -0.478 e. The molecule has 0 amide bonds. The van der Waals surface area contributed by atoms with Crippen molar-refractivity contribution in [3.05, 3.63) is 23.5 Å². The van der Waals surface area contributed by atoms with Crippen LogP contribution in [0.25, 0.3) is 0 Å². The van der Waals surface area contributed by atoms with E-state index in [9.17, 15) is 4.79 Å². The van der Waals surface area contributed by atoms with Gasteiger partial charge in [0.1, 0.15) is 0 Å². The summed E-state index contributed by atoms with van der Waals surface area (Å²) >= 11 is 0. The molecule has 0 atom stereocenters. The van der Waals surface area contributed by atoms with Gasteiger partial charge >= 0.3 is 5.97 Å². The van der Waals surface area contributed by atoms with E-state index in [0.717, 1.165) is 25.1 Å². The Morgan fingerprint density at radius 1 is 1.60 bits per heavy atom. The lowest BCUT2D eigenvalue weighted by molar-refractivity contribution is 0.0695. The van der Waals surface area contributed by atoms with Gasteiger partial charge in [-0.15, -0.1) is 0 Å². The summed E-state index contributed by atoms with van der Waals surface area (Å²) in [6.45, 7) is 5.22. The highest BCUT2D eigenvalue weighted by Crippen LogP contribution is 2.42. The van der Waals surface area contributed by atoms with Crippen LogP contribution in [-0.2, 0) is 6.54 Å². The summed E-state index contributed by atoms with van der Waals surface area (Å²) < 4.78 is 2.12. The summed E-state index contributed by atoms with van der Waals surface area (Å²) in [6.07, 6.45) is 4.20. The van der Waals surface area contributed by atoms with Crippen LogP contribution in [0.1, 0.15) is 48.7 Å². The zero-order chi connectivity index (χ0) is 11.0. The van der Waals surface area contributed by atoms with Crippen molar-refractivity contribution in [2.45, 2.75) is 39.2 Å². The van der Waals surface area contributed by atoms with Crippen molar-refractivity contribution in [2.75, 3.05) is 0 Å². The van der Waals surface area contributed by atoms with Gasteiger partial charge in [-0.25, -0.2) is 4.79 Å². The molecule has 1 fully saturated rings. The number of nitrogens with zero attached hydrogens (tertiary/aromatic N) is 1. The van der Waals surface area contributed by atoms with E-state index in [1.54, 1.807) is 6.07 Å². The first-order chi connectivity index (χ1) is 7.09. The van der Waals surface area contributed by atoms with Gasteiger partial charge in [0.15, 0.2) is 0 Å². The third-order valence-corrected chi connectivity index (χ3v) is 2.76. The molecule has 1 aliphatic rings. The summed E-state index contributed by atoms with van der Waals surface area (Å²) in [5.41, 5.74) is 1.54. The molecule has 1 saturated carbocycles. The molecule has 1 aromatic rings. The van der Waals surface area contributed by atoms with E-state index >= 15 is 0 Å². The van der Waals surface area contributed by atoms with Crippen LogP contribution in [0.5, 0.6) is 0 Å². The first-order valence-electron chi connectivity index (χ1n) is 5.52. The van der Waals surface area contributed by atoms with Gasteiger partial charge in [0.25, 0.3) is 0 Å². The average Bonchev–Trinajstić information content (AvgIpc) is 2.87. The second-order valence-electron chi connectivity index (χ2n) is 4.74. The molecule has 0 unspecified atom stereocenters. The maximum absolute atomic E-state index is 11.0. The Balaban J connectivity index is 2.33. The van der Waals surface area contributed by atoms with Gasteiger partial charge in [0.05, 0.1) is 5.56 Å². The van der Waals surface area contributed by atoms with Gasteiger partial charge in [-0.05, 0) is 24.8 Å². The number of carbonyl (C=O) groups is 1. The number of carboxylic acids is 1. The molecule has 1 aromatic heterocycles. The van der Waals surface area contributed by atoms with Crippen LogP contribution in [0, 0.1) is 5.92 Å². The number of carboxylic acid groups (broad SMARTS) is 1. The summed E-state index contributed by atoms with van der Waals surface area (Å²) in [7, 11) is 0. The van der Waals surface area contributed by atoms with Gasteiger partial charge in [-0.3, -0.25) is 0 Å². The molecule has 1 aliphatic carbocycles. The lowest BCUT2D eigenvalue weighted by Crippen LogP contribution is -2.09. The third kappa shape index (κ3) is 2.06. The van der Waals surface area contributed by atoms with Crippen molar-refractivity contribution in [1.29, 1.82) is 0 Å². The van der Waals surface area contributed by atoms with Crippen LogP contribution in [0.4, 0.5) is 0 Å². The third-order valence-electron chi connectivity index (χ3n) is 2.76. The van der Waals surface area contributed by atoms with E-state index in [4.69, 9.17) is 5.11 Å². The number of rotatable bonds is 4.